The van der Waals surface area contributed by atoms with Crippen LogP contribution >= 0.6 is 23.2 Å². The van der Waals surface area contributed by atoms with Crippen molar-refractivity contribution in [3.05, 3.63) is 76.7 Å². The number of methoxy groups -OCH3 is 1. The Morgan fingerprint density at radius 1 is 1.13 bits per heavy atom. The topological polar surface area (TPSA) is 85.6 Å². The van der Waals surface area contributed by atoms with Gasteiger partial charge in [0.15, 0.2) is 5.75 Å². The molecule has 0 spiro atoms. The van der Waals surface area contributed by atoms with Gasteiger partial charge in [0.05, 0.1) is 28.4 Å². The summed E-state index contributed by atoms with van der Waals surface area (Å²) in [5, 5.41) is 13.4. The number of aromatic nitrogens is 2. The maximum absolute atomic E-state index is 12.5. The van der Waals surface area contributed by atoms with E-state index in [4.69, 9.17) is 32.7 Å². The Balaban J connectivity index is 1.62. The predicted molar refractivity (Wildman–Crippen MR) is 120 cm³/mol. The van der Waals surface area contributed by atoms with Crippen molar-refractivity contribution in [2.45, 2.75) is 6.54 Å². The molecule has 158 valence electrons. The minimum Gasteiger partial charge on any atom is -0.508 e. The quantitative estimate of drug-likeness (QED) is 0.400. The first-order valence-electron chi connectivity index (χ1n) is 9.17. The highest BCUT2D eigenvalue weighted by Crippen LogP contribution is 2.33. The molecule has 1 amide bonds. The van der Waals surface area contributed by atoms with E-state index in [2.05, 4.69) is 10.3 Å². The molecule has 0 aliphatic heterocycles. The van der Waals surface area contributed by atoms with E-state index in [9.17, 15) is 9.90 Å². The van der Waals surface area contributed by atoms with Crippen LogP contribution in [0.1, 0.15) is 5.56 Å². The highest BCUT2D eigenvalue weighted by molar-refractivity contribution is 6.39. The number of nitrogens with zero attached hydrogens (tertiary/aromatic N) is 2. The van der Waals surface area contributed by atoms with Gasteiger partial charge in [-0.05, 0) is 35.9 Å². The molecule has 0 unspecified atom stereocenters. The number of carbonyl (C=O) groups excluding carboxylic acids is 1. The van der Waals surface area contributed by atoms with Crippen LogP contribution in [-0.2, 0) is 6.54 Å². The molecule has 9 heteroatoms. The molecule has 4 aromatic rings. The number of rotatable bonds is 5. The number of hydrogen-bond acceptors (Lipinski definition) is 5. The second-order valence-corrected chi connectivity index (χ2v) is 7.48. The first-order chi connectivity index (χ1) is 14.9. The summed E-state index contributed by atoms with van der Waals surface area (Å²) in [6, 6.07) is 12.5. The largest absolute Gasteiger partial charge is 0.508 e. The summed E-state index contributed by atoms with van der Waals surface area (Å²) in [7, 11) is 1.61. The molecule has 31 heavy (non-hydrogen) atoms. The van der Waals surface area contributed by atoms with E-state index < -0.39 is 6.09 Å². The number of nitrogens with one attached hydrogen (secondary N) is 1. The number of hydrogen-bond donors (Lipinski definition) is 2. The number of amides is 1. The van der Waals surface area contributed by atoms with Crippen molar-refractivity contribution in [3.8, 4) is 17.2 Å². The molecule has 2 N–H and O–H groups in total. The van der Waals surface area contributed by atoms with Gasteiger partial charge in [-0.1, -0.05) is 35.3 Å². The number of carbonyl (C=O) groups is 1. The van der Waals surface area contributed by atoms with Crippen LogP contribution in [0.25, 0.3) is 10.9 Å². The summed E-state index contributed by atoms with van der Waals surface area (Å²) >= 11 is 12.1. The lowest BCUT2D eigenvalue weighted by Crippen LogP contribution is -2.17. The number of ether oxygens (including phenoxy) is 2. The van der Waals surface area contributed by atoms with Gasteiger partial charge >= 0.3 is 6.09 Å². The summed E-state index contributed by atoms with van der Waals surface area (Å²) in [4.78, 5) is 16.3. The van der Waals surface area contributed by atoms with E-state index in [0.717, 1.165) is 16.8 Å². The molecule has 0 fully saturated rings. The molecule has 0 aliphatic carbocycles. The molecule has 0 aliphatic rings. The smallest absolute Gasteiger partial charge is 0.417 e. The van der Waals surface area contributed by atoms with Crippen molar-refractivity contribution in [2.75, 3.05) is 12.4 Å². The zero-order chi connectivity index (χ0) is 22.0. The number of benzene rings is 2. The number of phenolic OH excluding ortho intramolecular Hbond substituents is 1. The van der Waals surface area contributed by atoms with Crippen LogP contribution in [0.5, 0.6) is 17.2 Å². The molecular formula is C22H17Cl2N3O4. The molecule has 0 atom stereocenters. The number of anilines is 1. The molecule has 0 saturated carbocycles. The highest BCUT2D eigenvalue weighted by atomic mass is 35.5. The molecule has 0 bridgehead atoms. The first kappa shape index (κ1) is 20.8. The van der Waals surface area contributed by atoms with E-state index >= 15 is 0 Å². The van der Waals surface area contributed by atoms with Crippen molar-refractivity contribution in [1.82, 2.24) is 9.55 Å². The monoisotopic (exact) mass is 457 g/mol. The third-order valence-electron chi connectivity index (χ3n) is 4.62. The summed E-state index contributed by atoms with van der Waals surface area (Å²) in [5.41, 5.74) is 2.02. The van der Waals surface area contributed by atoms with Crippen molar-refractivity contribution in [3.63, 3.8) is 0 Å². The van der Waals surface area contributed by atoms with Crippen LogP contribution in [-0.4, -0.2) is 27.9 Å². The van der Waals surface area contributed by atoms with Gasteiger partial charge in [0, 0.05) is 30.5 Å². The zero-order valence-electron chi connectivity index (χ0n) is 16.3. The SMILES string of the molecule is COc1ccc(Cn2cc(OC(=O)Nc3c(Cl)cncc3Cl)c3cc(O)ccc32)cc1. The highest BCUT2D eigenvalue weighted by Gasteiger charge is 2.17. The normalized spacial score (nSPS) is 10.8. The molecular weight excluding hydrogens is 441 g/mol. The van der Waals surface area contributed by atoms with Crippen LogP contribution in [0.3, 0.4) is 0 Å². The van der Waals surface area contributed by atoms with E-state index in [1.54, 1.807) is 25.4 Å². The Bertz CT molecular complexity index is 1240. The van der Waals surface area contributed by atoms with Gasteiger partial charge in [0.2, 0.25) is 0 Å². The maximum Gasteiger partial charge on any atom is 0.417 e. The van der Waals surface area contributed by atoms with E-state index in [1.807, 2.05) is 28.8 Å². The number of aromatic hydroxyl groups is 1. The summed E-state index contributed by atoms with van der Waals surface area (Å²) in [6.07, 6.45) is 3.65. The molecule has 0 radical (unpaired) electrons. The van der Waals surface area contributed by atoms with Gasteiger partial charge in [-0.2, -0.15) is 0 Å². The number of pyridine rings is 1. The van der Waals surface area contributed by atoms with Gasteiger partial charge in [-0.15, -0.1) is 0 Å². The summed E-state index contributed by atoms with van der Waals surface area (Å²) in [6.45, 7) is 0.526. The second-order valence-electron chi connectivity index (χ2n) is 6.66. The predicted octanol–water partition coefficient (Wildman–Crippen LogP) is 5.72. The van der Waals surface area contributed by atoms with E-state index in [0.29, 0.717) is 11.9 Å². The first-order valence-corrected chi connectivity index (χ1v) is 9.93. The lowest BCUT2D eigenvalue weighted by atomic mass is 10.2. The molecule has 4 rings (SSSR count). The third kappa shape index (κ3) is 4.52. The number of fused-ring (bicyclic) bond motifs is 1. The minimum absolute atomic E-state index is 0.0557. The zero-order valence-corrected chi connectivity index (χ0v) is 17.8. The molecule has 2 aromatic heterocycles. The van der Waals surface area contributed by atoms with Crippen LogP contribution in [0.15, 0.2) is 61.1 Å². The van der Waals surface area contributed by atoms with Gasteiger partial charge in [-0.25, -0.2) is 4.79 Å². The number of halogens is 2. The van der Waals surface area contributed by atoms with E-state index in [1.165, 1.54) is 18.5 Å². The molecule has 2 aromatic carbocycles. The van der Waals surface area contributed by atoms with Gasteiger partial charge in [0.25, 0.3) is 0 Å². The van der Waals surface area contributed by atoms with E-state index in [-0.39, 0.29) is 27.2 Å². The molecule has 7 nitrogen and oxygen atoms in total. The summed E-state index contributed by atoms with van der Waals surface area (Å²) < 4.78 is 12.6. The average molecular weight is 458 g/mol. The average Bonchev–Trinajstić information content (AvgIpc) is 3.07. The fraction of sp³-hybridized carbons (Fsp3) is 0.0909. The maximum atomic E-state index is 12.5. The summed E-state index contributed by atoms with van der Waals surface area (Å²) in [5.74, 6) is 1.10. The van der Waals surface area contributed by atoms with Crippen molar-refractivity contribution < 1.29 is 19.4 Å². The van der Waals surface area contributed by atoms with Crippen LogP contribution < -0.4 is 14.8 Å². The second kappa shape index (κ2) is 8.75. The Morgan fingerprint density at radius 3 is 2.52 bits per heavy atom. The standard InChI is InChI=1S/C22H17Cl2N3O4/c1-30-15-5-2-13(3-6-15)11-27-12-20(16-8-14(28)4-7-19(16)27)31-22(29)26-21-17(23)9-25-10-18(21)24/h2-10,12,28H,11H2,1H3,(H,25,26,29). The lowest BCUT2D eigenvalue weighted by molar-refractivity contribution is 0.215. The van der Waals surface area contributed by atoms with Crippen molar-refractivity contribution in [2.24, 2.45) is 0 Å². The lowest BCUT2D eigenvalue weighted by Gasteiger charge is -2.08. The van der Waals surface area contributed by atoms with Crippen LogP contribution in [0.2, 0.25) is 10.0 Å². The van der Waals surface area contributed by atoms with Crippen molar-refractivity contribution >= 4 is 45.9 Å². The van der Waals surface area contributed by atoms with Gasteiger partial charge in [0.1, 0.15) is 11.5 Å². The van der Waals surface area contributed by atoms with Gasteiger partial charge < -0.3 is 19.1 Å². The Morgan fingerprint density at radius 2 is 1.84 bits per heavy atom. The number of phenols is 1. The Hall–Kier alpha value is -3.42. The molecule has 2 heterocycles. The van der Waals surface area contributed by atoms with Crippen LogP contribution in [0.4, 0.5) is 10.5 Å². The fourth-order valence-electron chi connectivity index (χ4n) is 3.15. The Labute approximate surface area is 187 Å². The van der Waals surface area contributed by atoms with Crippen molar-refractivity contribution in [1.29, 1.82) is 0 Å². The minimum atomic E-state index is -0.776. The van der Waals surface area contributed by atoms with Crippen LogP contribution in [0, 0.1) is 0 Å². The third-order valence-corrected chi connectivity index (χ3v) is 5.20. The molecule has 0 saturated heterocycles. The van der Waals surface area contributed by atoms with Gasteiger partial charge in [-0.3, -0.25) is 10.3 Å². The Kier molecular flexibility index (Phi) is 5.88. The fourth-order valence-corrected chi connectivity index (χ4v) is 3.61.